The van der Waals surface area contributed by atoms with Crippen molar-refractivity contribution in [2.75, 3.05) is 5.73 Å². The third-order valence-electron chi connectivity index (χ3n) is 3.39. The summed E-state index contributed by atoms with van der Waals surface area (Å²) in [5.74, 6) is -0.368. The number of carbonyl (C=O) groups excluding carboxylic acids is 1. The van der Waals surface area contributed by atoms with Gasteiger partial charge in [-0.25, -0.2) is 18.4 Å². The van der Waals surface area contributed by atoms with Crippen molar-refractivity contribution in [3.8, 4) is 11.1 Å². The molecule has 0 aliphatic rings. The second-order valence-corrected chi connectivity index (χ2v) is 6.56. The lowest BCUT2D eigenvalue weighted by Crippen LogP contribution is -2.34. The molecule has 0 saturated carbocycles. The van der Waals surface area contributed by atoms with Gasteiger partial charge in [0.25, 0.3) is 0 Å². The SMILES string of the molecule is CC(C)(C)OC(=O)n1nc2c(N)cc(-c3ccc(F)cc3)cn2c1=O. The number of nitrogens with two attached hydrogens (primary N) is 1. The second-order valence-electron chi connectivity index (χ2n) is 6.56. The fourth-order valence-corrected chi connectivity index (χ4v) is 2.32. The third-order valence-corrected chi connectivity index (χ3v) is 3.39. The number of nitrogens with zero attached hydrogens (tertiary/aromatic N) is 3. The molecule has 0 fully saturated rings. The number of pyridine rings is 1. The zero-order valence-corrected chi connectivity index (χ0v) is 14.0. The molecule has 2 N–H and O–H groups in total. The van der Waals surface area contributed by atoms with Crippen LogP contribution in [-0.4, -0.2) is 25.9 Å². The molecule has 0 aliphatic carbocycles. The number of aromatic nitrogens is 3. The maximum atomic E-state index is 13.1. The molecule has 0 unspecified atom stereocenters. The van der Waals surface area contributed by atoms with Crippen LogP contribution in [0.25, 0.3) is 16.8 Å². The van der Waals surface area contributed by atoms with E-state index in [1.807, 2.05) is 0 Å². The largest absolute Gasteiger partial charge is 0.442 e. The number of halogens is 1. The Morgan fingerprint density at radius 3 is 2.44 bits per heavy atom. The van der Waals surface area contributed by atoms with Crippen LogP contribution >= 0.6 is 0 Å². The molecule has 0 atom stereocenters. The number of benzene rings is 1. The van der Waals surface area contributed by atoms with Crippen LogP contribution in [0.4, 0.5) is 14.9 Å². The Morgan fingerprint density at radius 2 is 1.84 bits per heavy atom. The minimum atomic E-state index is -0.885. The average molecular weight is 344 g/mol. The molecule has 3 aromatic rings. The highest BCUT2D eigenvalue weighted by Crippen LogP contribution is 2.23. The van der Waals surface area contributed by atoms with Crippen molar-refractivity contribution < 1.29 is 13.9 Å². The first-order valence-electron chi connectivity index (χ1n) is 7.56. The highest BCUT2D eigenvalue weighted by atomic mass is 19.1. The summed E-state index contributed by atoms with van der Waals surface area (Å²) >= 11 is 0. The van der Waals surface area contributed by atoms with Crippen LogP contribution in [0.5, 0.6) is 0 Å². The van der Waals surface area contributed by atoms with E-state index in [0.29, 0.717) is 15.8 Å². The second kappa shape index (κ2) is 5.73. The van der Waals surface area contributed by atoms with Gasteiger partial charge in [-0.1, -0.05) is 12.1 Å². The lowest BCUT2D eigenvalue weighted by molar-refractivity contribution is 0.0508. The van der Waals surface area contributed by atoms with Crippen molar-refractivity contribution in [2.45, 2.75) is 26.4 Å². The molecule has 130 valence electrons. The van der Waals surface area contributed by atoms with Crippen LogP contribution in [0, 0.1) is 5.82 Å². The fourth-order valence-electron chi connectivity index (χ4n) is 2.32. The Morgan fingerprint density at radius 1 is 1.20 bits per heavy atom. The quantitative estimate of drug-likeness (QED) is 0.733. The van der Waals surface area contributed by atoms with Crippen molar-refractivity contribution in [2.24, 2.45) is 0 Å². The topological polar surface area (TPSA) is 91.6 Å². The van der Waals surface area contributed by atoms with E-state index < -0.39 is 17.4 Å². The van der Waals surface area contributed by atoms with Crippen molar-refractivity contribution in [1.82, 2.24) is 14.2 Å². The molecule has 0 aliphatic heterocycles. The molecule has 0 bridgehead atoms. The van der Waals surface area contributed by atoms with E-state index in [1.165, 1.54) is 18.3 Å². The first kappa shape index (κ1) is 16.7. The maximum absolute atomic E-state index is 13.1. The van der Waals surface area contributed by atoms with Crippen LogP contribution < -0.4 is 11.4 Å². The van der Waals surface area contributed by atoms with Gasteiger partial charge in [0.2, 0.25) is 0 Å². The van der Waals surface area contributed by atoms with Gasteiger partial charge in [-0.2, -0.15) is 0 Å². The van der Waals surface area contributed by atoms with Crippen LogP contribution in [-0.2, 0) is 4.74 Å². The molecule has 1 aromatic carbocycles. The normalized spacial score (nSPS) is 11.7. The van der Waals surface area contributed by atoms with Crippen molar-refractivity contribution >= 4 is 17.4 Å². The highest BCUT2D eigenvalue weighted by Gasteiger charge is 2.22. The van der Waals surface area contributed by atoms with Gasteiger partial charge in [0, 0.05) is 11.8 Å². The molecule has 8 heteroatoms. The summed E-state index contributed by atoms with van der Waals surface area (Å²) in [7, 11) is 0. The third kappa shape index (κ3) is 3.23. The predicted molar refractivity (Wildman–Crippen MR) is 90.9 cm³/mol. The summed E-state index contributed by atoms with van der Waals surface area (Å²) in [5, 5.41) is 3.95. The van der Waals surface area contributed by atoms with Gasteiger partial charge < -0.3 is 10.5 Å². The molecule has 2 aromatic heterocycles. The Bertz CT molecular complexity index is 1010. The molecule has 2 heterocycles. The van der Waals surface area contributed by atoms with Gasteiger partial charge in [-0.15, -0.1) is 9.78 Å². The zero-order chi connectivity index (χ0) is 18.4. The Balaban J connectivity index is 2.12. The molecule has 25 heavy (non-hydrogen) atoms. The van der Waals surface area contributed by atoms with E-state index in [0.717, 1.165) is 4.40 Å². The lowest BCUT2D eigenvalue weighted by atomic mass is 10.1. The number of rotatable bonds is 1. The Kier molecular flexibility index (Phi) is 3.82. The number of carbonyl (C=O) groups is 1. The average Bonchev–Trinajstić information content (AvgIpc) is 2.84. The van der Waals surface area contributed by atoms with E-state index >= 15 is 0 Å². The predicted octanol–water partition coefficient (Wildman–Crippen LogP) is 2.67. The van der Waals surface area contributed by atoms with Gasteiger partial charge in [-0.3, -0.25) is 0 Å². The van der Waals surface area contributed by atoms with Crippen LogP contribution in [0.3, 0.4) is 0 Å². The number of hydrogen-bond acceptors (Lipinski definition) is 5. The molecule has 0 amide bonds. The summed E-state index contributed by atoms with van der Waals surface area (Å²) in [6.45, 7) is 5.06. The van der Waals surface area contributed by atoms with Gasteiger partial charge >= 0.3 is 11.8 Å². The summed E-state index contributed by atoms with van der Waals surface area (Å²) < 4.78 is 20.0. The van der Waals surface area contributed by atoms with Crippen molar-refractivity contribution in [3.05, 3.63) is 52.8 Å². The van der Waals surface area contributed by atoms with Gasteiger partial charge in [-0.05, 0) is 44.5 Å². The Labute approximate surface area is 142 Å². The summed E-state index contributed by atoms with van der Waals surface area (Å²) in [4.78, 5) is 24.6. The number of fused-ring (bicyclic) bond motifs is 1. The van der Waals surface area contributed by atoms with E-state index in [4.69, 9.17) is 10.5 Å². The van der Waals surface area contributed by atoms with Gasteiger partial charge in [0.15, 0.2) is 5.65 Å². The standard InChI is InChI=1S/C17H17FN4O3/c1-17(2,3)25-16(24)22-15(23)21-9-11(8-13(19)14(21)20-22)10-4-6-12(18)7-5-10/h4-9H,19H2,1-3H3. The molecule has 0 radical (unpaired) electrons. The van der Waals surface area contributed by atoms with Crippen molar-refractivity contribution in [3.63, 3.8) is 0 Å². The monoisotopic (exact) mass is 344 g/mol. The summed E-state index contributed by atoms with van der Waals surface area (Å²) in [6.07, 6.45) is 0.610. The van der Waals surface area contributed by atoms with Crippen LogP contribution in [0.1, 0.15) is 20.8 Å². The zero-order valence-electron chi connectivity index (χ0n) is 14.0. The van der Waals surface area contributed by atoms with Gasteiger partial charge in [0.1, 0.15) is 11.4 Å². The maximum Gasteiger partial charge on any atom is 0.439 e. The molecule has 7 nitrogen and oxygen atoms in total. The first-order chi connectivity index (χ1) is 11.7. The van der Waals surface area contributed by atoms with E-state index in [2.05, 4.69) is 5.10 Å². The molecular weight excluding hydrogens is 327 g/mol. The van der Waals surface area contributed by atoms with E-state index in [9.17, 15) is 14.0 Å². The number of hydrogen-bond donors (Lipinski definition) is 1. The van der Waals surface area contributed by atoms with E-state index in [1.54, 1.807) is 39.0 Å². The summed E-state index contributed by atoms with van der Waals surface area (Å²) in [5.41, 5.74) is 6.13. The lowest BCUT2D eigenvalue weighted by Gasteiger charge is -2.18. The number of anilines is 1. The number of ether oxygens (including phenoxy) is 1. The smallest absolute Gasteiger partial charge is 0.439 e. The van der Waals surface area contributed by atoms with Gasteiger partial charge in [0.05, 0.1) is 5.69 Å². The van der Waals surface area contributed by atoms with Crippen LogP contribution in [0.2, 0.25) is 0 Å². The molecule has 0 saturated heterocycles. The molecule has 0 spiro atoms. The minimum absolute atomic E-state index is 0.140. The first-order valence-corrected chi connectivity index (χ1v) is 7.56. The van der Waals surface area contributed by atoms with E-state index in [-0.39, 0.29) is 17.2 Å². The number of nitrogen functional groups attached to an aromatic ring is 1. The van der Waals surface area contributed by atoms with Crippen LogP contribution in [0.15, 0.2) is 41.3 Å². The summed E-state index contributed by atoms with van der Waals surface area (Å²) in [6, 6.07) is 7.36. The van der Waals surface area contributed by atoms with Crippen molar-refractivity contribution in [1.29, 1.82) is 0 Å². The fraction of sp³-hybridized carbons (Fsp3) is 0.235. The molecular formula is C17H17FN4O3. The highest BCUT2D eigenvalue weighted by molar-refractivity contribution is 5.76. The minimum Gasteiger partial charge on any atom is -0.442 e. The molecule has 3 rings (SSSR count). The Hall–Kier alpha value is -3.16.